The van der Waals surface area contributed by atoms with Gasteiger partial charge >= 0.3 is 6.03 Å². The zero-order valence-electron chi connectivity index (χ0n) is 8.45. The summed E-state index contributed by atoms with van der Waals surface area (Å²) in [4.78, 5) is 15.5. The van der Waals surface area contributed by atoms with Gasteiger partial charge in [0.1, 0.15) is 0 Å². The first-order valence-corrected chi connectivity index (χ1v) is 4.91. The summed E-state index contributed by atoms with van der Waals surface area (Å²) in [6.45, 7) is 8.38. The summed E-state index contributed by atoms with van der Waals surface area (Å²) in [6, 6.07) is 0.147. The fourth-order valence-electron chi connectivity index (χ4n) is 1.45. The highest BCUT2D eigenvalue weighted by Crippen LogP contribution is 2.02. The zero-order valence-corrected chi connectivity index (χ0v) is 8.45. The number of morpholine rings is 1. The second-order valence-corrected chi connectivity index (χ2v) is 3.05. The molecule has 1 aliphatic rings. The van der Waals surface area contributed by atoms with Crippen molar-refractivity contribution >= 4 is 6.03 Å². The molecule has 13 heavy (non-hydrogen) atoms. The molecule has 1 fully saturated rings. The van der Waals surface area contributed by atoms with Crippen LogP contribution in [0.25, 0.3) is 0 Å². The molecule has 0 N–H and O–H groups in total. The average Bonchev–Trinajstić information content (AvgIpc) is 2.21. The van der Waals surface area contributed by atoms with E-state index in [1.165, 1.54) is 0 Å². The summed E-state index contributed by atoms with van der Waals surface area (Å²) in [5.74, 6) is 0. The summed E-state index contributed by atoms with van der Waals surface area (Å²) < 4.78 is 5.18. The molecule has 0 atom stereocenters. The van der Waals surface area contributed by atoms with Crippen LogP contribution in [-0.4, -0.2) is 55.2 Å². The number of urea groups is 1. The van der Waals surface area contributed by atoms with Gasteiger partial charge in [-0.25, -0.2) is 4.79 Å². The first kappa shape index (κ1) is 10.3. The van der Waals surface area contributed by atoms with E-state index in [4.69, 9.17) is 4.74 Å². The number of rotatable bonds is 2. The van der Waals surface area contributed by atoms with Crippen LogP contribution >= 0.6 is 0 Å². The summed E-state index contributed by atoms with van der Waals surface area (Å²) in [6.07, 6.45) is 0. The Hall–Kier alpha value is -0.770. The molecular weight excluding hydrogens is 168 g/mol. The maximum atomic E-state index is 11.8. The van der Waals surface area contributed by atoms with Crippen LogP contribution in [0.5, 0.6) is 0 Å². The number of carbonyl (C=O) groups excluding carboxylic acids is 1. The first-order chi connectivity index (χ1) is 6.29. The highest BCUT2D eigenvalue weighted by atomic mass is 16.5. The van der Waals surface area contributed by atoms with Crippen molar-refractivity contribution in [2.75, 3.05) is 39.4 Å². The SMILES string of the molecule is CCN(CC)C(=O)N1CCOCC1. The molecular formula is C9H18N2O2. The quantitative estimate of drug-likeness (QED) is 0.638. The molecule has 0 spiro atoms. The van der Waals surface area contributed by atoms with Gasteiger partial charge in [-0.2, -0.15) is 0 Å². The lowest BCUT2D eigenvalue weighted by Gasteiger charge is -2.31. The van der Waals surface area contributed by atoms with E-state index >= 15 is 0 Å². The smallest absolute Gasteiger partial charge is 0.320 e. The maximum absolute atomic E-state index is 11.8. The Morgan fingerprint density at radius 1 is 1.31 bits per heavy atom. The second-order valence-electron chi connectivity index (χ2n) is 3.05. The van der Waals surface area contributed by atoms with Crippen molar-refractivity contribution in [3.05, 3.63) is 0 Å². The molecule has 0 bridgehead atoms. The molecule has 1 rings (SSSR count). The van der Waals surface area contributed by atoms with Gasteiger partial charge in [0.2, 0.25) is 0 Å². The van der Waals surface area contributed by atoms with Crippen molar-refractivity contribution in [2.24, 2.45) is 0 Å². The predicted molar refractivity (Wildman–Crippen MR) is 50.7 cm³/mol. The summed E-state index contributed by atoms with van der Waals surface area (Å²) in [5.41, 5.74) is 0. The molecule has 4 heteroatoms. The molecule has 2 amide bonds. The summed E-state index contributed by atoms with van der Waals surface area (Å²) >= 11 is 0. The third-order valence-corrected chi connectivity index (χ3v) is 2.32. The number of nitrogens with zero attached hydrogens (tertiary/aromatic N) is 2. The number of carbonyl (C=O) groups is 1. The molecule has 76 valence electrons. The lowest BCUT2D eigenvalue weighted by molar-refractivity contribution is 0.0441. The fraction of sp³-hybridized carbons (Fsp3) is 0.889. The number of ether oxygens (including phenoxy) is 1. The normalized spacial score (nSPS) is 17.2. The highest BCUT2D eigenvalue weighted by molar-refractivity contribution is 5.74. The minimum atomic E-state index is 0.147. The molecule has 0 saturated carbocycles. The van der Waals surface area contributed by atoms with Crippen molar-refractivity contribution in [1.29, 1.82) is 0 Å². The van der Waals surface area contributed by atoms with Crippen LogP contribution in [0, 0.1) is 0 Å². The molecule has 0 aliphatic carbocycles. The first-order valence-electron chi connectivity index (χ1n) is 4.91. The van der Waals surface area contributed by atoms with E-state index in [1.807, 2.05) is 23.6 Å². The van der Waals surface area contributed by atoms with Crippen LogP contribution in [0.2, 0.25) is 0 Å². The molecule has 1 saturated heterocycles. The molecule has 4 nitrogen and oxygen atoms in total. The van der Waals surface area contributed by atoms with E-state index in [0.717, 1.165) is 26.2 Å². The Morgan fingerprint density at radius 2 is 1.85 bits per heavy atom. The zero-order chi connectivity index (χ0) is 9.68. The van der Waals surface area contributed by atoms with Gasteiger partial charge in [-0.05, 0) is 13.8 Å². The van der Waals surface area contributed by atoms with Crippen molar-refractivity contribution in [3.8, 4) is 0 Å². The lowest BCUT2D eigenvalue weighted by Crippen LogP contribution is -2.48. The van der Waals surface area contributed by atoms with E-state index < -0.39 is 0 Å². The summed E-state index contributed by atoms with van der Waals surface area (Å²) in [5, 5.41) is 0. The number of hydrogen-bond acceptors (Lipinski definition) is 2. The summed E-state index contributed by atoms with van der Waals surface area (Å²) in [7, 11) is 0. The minimum absolute atomic E-state index is 0.147. The number of hydrogen-bond donors (Lipinski definition) is 0. The minimum Gasteiger partial charge on any atom is -0.378 e. The molecule has 1 heterocycles. The third kappa shape index (κ3) is 2.59. The highest BCUT2D eigenvalue weighted by Gasteiger charge is 2.20. The Balaban J connectivity index is 2.44. The third-order valence-electron chi connectivity index (χ3n) is 2.32. The van der Waals surface area contributed by atoms with Gasteiger partial charge in [0, 0.05) is 26.2 Å². The van der Waals surface area contributed by atoms with Crippen LogP contribution in [0.4, 0.5) is 4.79 Å². The largest absolute Gasteiger partial charge is 0.378 e. The van der Waals surface area contributed by atoms with Crippen molar-refractivity contribution in [1.82, 2.24) is 9.80 Å². The van der Waals surface area contributed by atoms with Crippen LogP contribution in [0.1, 0.15) is 13.8 Å². The average molecular weight is 186 g/mol. The van der Waals surface area contributed by atoms with Gasteiger partial charge in [-0.15, -0.1) is 0 Å². The monoisotopic (exact) mass is 186 g/mol. The Labute approximate surface area is 79.4 Å². The maximum Gasteiger partial charge on any atom is 0.320 e. The van der Waals surface area contributed by atoms with Crippen molar-refractivity contribution in [3.63, 3.8) is 0 Å². The molecule has 1 aliphatic heterocycles. The van der Waals surface area contributed by atoms with Gasteiger partial charge in [0.05, 0.1) is 13.2 Å². The van der Waals surface area contributed by atoms with Crippen molar-refractivity contribution in [2.45, 2.75) is 13.8 Å². The molecule has 0 radical (unpaired) electrons. The van der Waals surface area contributed by atoms with Crippen LogP contribution in [0.3, 0.4) is 0 Å². The molecule has 0 unspecified atom stereocenters. The topological polar surface area (TPSA) is 32.8 Å². The van der Waals surface area contributed by atoms with Gasteiger partial charge < -0.3 is 14.5 Å². The van der Waals surface area contributed by atoms with E-state index in [2.05, 4.69) is 0 Å². The lowest BCUT2D eigenvalue weighted by atomic mass is 10.4. The fourth-order valence-corrected chi connectivity index (χ4v) is 1.45. The van der Waals surface area contributed by atoms with Gasteiger partial charge in [-0.3, -0.25) is 0 Å². The Morgan fingerprint density at radius 3 is 2.31 bits per heavy atom. The Bertz CT molecular complexity index is 163. The molecule has 0 aromatic carbocycles. The number of amides is 2. The van der Waals surface area contributed by atoms with Crippen LogP contribution < -0.4 is 0 Å². The van der Waals surface area contributed by atoms with E-state index in [9.17, 15) is 4.79 Å². The predicted octanol–water partition coefficient (Wildman–Crippen LogP) is 0.780. The van der Waals surface area contributed by atoms with Crippen molar-refractivity contribution < 1.29 is 9.53 Å². The standard InChI is InChI=1S/C9H18N2O2/c1-3-10(4-2)9(12)11-5-7-13-8-6-11/h3-8H2,1-2H3. The van der Waals surface area contributed by atoms with Gasteiger partial charge in [0.25, 0.3) is 0 Å². The molecule has 0 aromatic rings. The van der Waals surface area contributed by atoms with E-state index in [-0.39, 0.29) is 6.03 Å². The van der Waals surface area contributed by atoms with Crippen LogP contribution in [0.15, 0.2) is 0 Å². The second kappa shape index (κ2) is 5.07. The van der Waals surface area contributed by atoms with E-state index in [1.54, 1.807) is 0 Å². The Kier molecular flexibility index (Phi) is 4.02. The van der Waals surface area contributed by atoms with E-state index in [0.29, 0.717) is 13.2 Å². The van der Waals surface area contributed by atoms with Gasteiger partial charge in [-0.1, -0.05) is 0 Å². The van der Waals surface area contributed by atoms with Crippen LogP contribution in [-0.2, 0) is 4.74 Å². The molecule has 0 aromatic heterocycles. The van der Waals surface area contributed by atoms with Gasteiger partial charge in [0.15, 0.2) is 0 Å².